The second-order valence-corrected chi connectivity index (χ2v) is 4.91. The molecule has 1 aromatic carbocycles. The molecule has 0 aliphatic heterocycles. The zero-order chi connectivity index (χ0) is 15.1. The van der Waals surface area contributed by atoms with Crippen LogP contribution in [-0.2, 0) is 14.3 Å². The molecule has 0 radical (unpaired) electrons. The third-order valence-corrected chi connectivity index (χ3v) is 2.86. The molecular formula is C17H20O3. The van der Waals surface area contributed by atoms with Gasteiger partial charge in [-0.1, -0.05) is 49.1 Å². The van der Waals surface area contributed by atoms with Crippen LogP contribution in [0.15, 0.2) is 54.8 Å². The summed E-state index contributed by atoms with van der Waals surface area (Å²) in [5.41, 5.74) is 1.93. The van der Waals surface area contributed by atoms with E-state index in [0.717, 1.165) is 11.1 Å². The predicted octanol–water partition coefficient (Wildman–Crippen LogP) is 3.77. The van der Waals surface area contributed by atoms with Crippen LogP contribution in [-0.4, -0.2) is 11.8 Å². The van der Waals surface area contributed by atoms with Gasteiger partial charge in [0.2, 0.25) is 0 Å². The number of hydrogen-bond acceptors (Lipinski definition) is 3. The predicted molar refractivity (Wildman–Crippen MR) is 79.1 cm³/mol. The van der Waals surface area contributed by atoms with E-state index in [-0.39, 0.29) is 24.5 Å². The molecule has 0 saturated carbocycles. The minimum absolute atomic E-state index is 0.0682. The molecule has 0 heterocycles. The van der Waals surface area contributed by atoms with Gasteiger partial charge in [-0.3, -0.25) is 9.59 Å². The van der Waals surface area contributed by atoms with Crippen LogP contribution in [0.25, 0.3) is 0 Å². The topological polar surface area (TPSA) is 43.4 Å². The summed E-state index contributed by atoms with van der Waals surface area (Å²) in [6.45, 7) is 10.9. The standard InChI is InChI=1S/C17H20O3/c1-12(2)16(14-8-6-5-7-9-14)10-15(18)11-17(19)20-13(3)4/h5-9,16H,1,3,10-11H2,2,4H3. The highest BCUT2D eigenvalue weighted by Gasteiger charge is 2.19. The fraction of sp³-hybridized carbons (Fsp3) is 0.294. The third kappa shape index (κ3) is 5.22. The minimum atomic E-state index is -0.559. The minimum Gasteiger partial charge on any atom is -0.432 e. The van der Waals surface area contributed by atoms with E-state index >= 15 is 0 Å². The van der Waals surface area contributed by atoms with E-state index in [2.05, 4.69) is 13.2 Å². The molecule has 3 heteroatoms. The van der Waals surface area contributed by atoms with Crippen LogP contribution in [0.1, 0.15) is 38.2 Å². The Morgan fingerprint density at radius 3 is 2.25 bits per heavy atom. The molecule has 0 aliphatic carbocycles. The van der Waals surface area contributed by atoms with E-state index in [0.29, 0.717) is 5.76 Å². The van der Waals surface area contributed by atoms with Crippen LogP contribution >= 0.6 is 0 Å². The Morgan fingerprint density at radius 1 is 1.15 bits per heavy atom. The summed E-state index contributed by atoms with van der Waals surface area (Å²) in [5.74, 6) is -0.493. The van der Waals surface area contributed by atoms with E-state index in [9.17, 15) is 9.59 Å². The van der Waals surface area contributed by atoms with Gasteiger partial charge in [0, 0.05) is 12.3 Å². The SMILES string of the molecule is C=C(C)OC(=O)CC(=O)CC(C(=C)C)c1ccccc1. The molecule has 20 heavy (non-hydrogen) atoms. The van der Waals surface area contributed by atoms with Gasteiger partial charge >= 0.3 is 5.97 Å². The van der Waals surface area contributed by atoms with Crippen molar-refractivity contribution in [2.24, 2.45) is 0 Å². The van der Waals surface area contributed by atoms with Crippen LogP contribution in [0.3, 0.4) is 0 Å². The molecule has 1 atom stereocenters. The number of Topliss-reactive ketones (excluding diaryl/α,β-unsaturated/α-hetero) is 1. The summed E-state index contributed by atoms with van der Waals surface area (Å²) in [6.07, 6.45) is 0.0219. The smallest absolute Gasteiger partial charge is 0.318 e. The van der Waals surface area contributed by atoms with Crippen LogP contribution in [0.5, 0.6) is 0 Å². The first kappa shape index (κ1) is 15.9. The van der Waals surface area contributed by atoms with E-state index in [4.69, 9.17) is 4.74 Å². The number of ether oxygens (including phenoxy) is 1. The maximum absolute atomic E-state index is 12.0. The van der Waals surface area contributed by atoms with Gasteiger partial charge < -0.3 is 4.74 Å². The zero-order valence-electron chi connectivity index (χ0n) is 12.0. The number of carbonyl (C=O) groups is 2. The summed E-state index contributed by atoms with van der Waals surface area (Å²) < 4.78 is 4.79. The molecule has 0 aromatic heterocycles. The van der Waals surface area contributed by atoms with Gasteiger partial charge in [-0.05, 0) is 19.4 Å². The van der Waals surface area contributed by atoms with E-state index in [1.54, 1.807) is 6.92 Å². The summed E-state index contributed by atoms with van der Waals surface area (Å²) in [4.78, 5) is 23.4. The van der Waals surface area contributed by atoms with Crippen LogP contribution < -0.4 is 0 Å². The van der Waals surface area contributed by atoms with Gasteiger partial charge in [0.15, 0.2) is 0 Å². The second kappa shape index (κ2) is 7.43. The lowest BCUT2D eigenvalue weighted by molar-refractivity contribution is -0.142. The molecule has 0 amide bonds. The normalized spacial score (nSPS) is 11.5. The number of ketones is 1. The molecule has 0 spiro atoms. The largest absolute Gasteiger partial charge is 0.432 e. The lowest BCUT2D eigenvalue weighted by atomic mass is 9.88. The fourth-order valence-corrected chi connectivity index (χ4v) is 1.95. The number of hydrogen-bond donors (Lipinski definition) is 0. The van der Waals surface area contributed by atoms with Crippen molar-refractivity contribution in [3.8, 4) is 0 Å². The number of allylic oxidation sites excluding steroid dienone is 2. The van der Waals surface area contributed by atoms with Gasteiger partial charge in [0.25, 0.3) is 0 Å². The van der Waals surface area contributed by atoms with Crippen molar-refractivity contribution >= 4 is 11.8 Å². The quantitative estimate of drug-likeness (QED) is 0.328. The highest BCUT2D eigenvalue weighted by molar-refractivity contribution is 5.96. The summed E-state index contributed by atoms with van der Waals surface area (Å²) >= 11 is 0. The number of rotatable bonds is 7. The number of esters is 1. The number of benzene rings is 1. The van der Waals surface area contributed by atoms with Crippen molar-refractivity contribution in [2.45, 2.75) is 32.6 Å². The van der Waals surface area contributed by atoms with E-state index < -0.39 is 5.97 Å². The molecule has 1 unspecified atom stereocenters. The van der Waals surface area contributed by atoms with Crippen LogP contribution in [0.4, 0.5) is 0 Å². The molecule has 0 bridgehead atoms. The Bertz CT molecular complexity index is 514. The maximum atomic E-state index is 12.0. The van der Waals surface area contributed by atoms with Crippen molar-refractivity contribution < 1.29 is 14.3 Å². The first-order valence-electron chi connectivity index (χ1n) is 6.48. The van der Waals surface area contributed by atoms with Crippen molar-refractivity contribution in [2.75, 3.05) is 0 Å². The van der Waals surface area contributed by atoms with Gasteiger partial charge in [-0.15, -0.1) is 0 Å². The molecule has 0 fully saturated rings. The molecule has 1 aromatic rings. The molecule has 1 rings (SSSR count). The highest BCUT2D eigenvalue weighted by Crippen LogP contribution is 2.27. The maximum Gasteiger partial charge on any atom is 0.318 e. The number of carbonyl (C=O) groups excluding carboxylic acids is 2. The Kier molecular flexibility index (Phi) is 5.91. The first-order chi connectivity index (χ1) is 9.40. The van der Waals surface area contributed by atoms with Gasteiger partial charge in [0.05, 0.1) is 5.76 Å². The Labute approximate surface area is 120 Å². The van der Waals surface area contributed by atoms with Gasteiger partial charge in [-0.25, -0.2) is 0 Å². The lowest BCUT2D eigenvalue weighted by Gasteiger charge is -2.16. The van der Waals surface area contributed by atoms with Gasteiger partial charge in [-0.2, -0.15) is 0 Å². The van der Waals surface area contributed by atoms with Crippen LogP contribution in [0, 0.1) is 0 Å². The lowest BCUT2D eigenvalue weighted by Crippen LogP contribution is -2.14. The van der Waals surface area contributed by atoms with Crippen molar-refractivity contribution in [3.05, 3.63) is 60.4 Å². The Balaban J connectivity index is 2.68. The molecule has 0 saturated heterocycles. The molecule has 106 valence electrons. The third-order valence-electron chi connectivity index (χ3n) is 2.86. The zero-order valence-corrected chi connectivity index (χ0v) is 12.0. The van der Waals surface area contributed by atoms with Crippen LogP contribution in [0.2, 0.25) is 0 Å². The summed E-state index contributed by atoms with van der Waals surface area (Å²) in [5, 5.41) is 0. The molecule has 3 nitrogen and oxygen atoms in total. The van der Waals surface area contributed by atoms with E-state index in [1.807, 2.05) is 37.3 Å². The molecular weight excluding hydrogens is 252 g/mol. The second-order valence-electron chi connectivity index (χ2n) is 4.91. The van der Waals surface area contributed by atoms with Crippen molar-refractivity contribution in [3.63, 3.8) is 0 Å². The Morgan fingerprint density at radius 2 is 1.75 bits per heavy atom. The first-order valence-corrected chi connectivity index (χ1v) is 6.48. The molecule has 0 N–H and O–H groups in total. The van der Waals surface area contributed by atoms with E-state index in [1.165, 1.54) is 0 Å². The fourth-order valence-electron chi connectivity index (χ4n) is 1.95. The van der Waals surface area contributed by atoms with Gasteiger partial charge in [0.1, 0.15) is 12.2 Å². The average Bonchev–Trinajstić information content (AvgIpc) is 2.35. The van der Waals surface area contributed by atoms with Crippen molar-refractivity contribution in [1.29, 1.82) is 0 Å². The Hall–Kier alpha value is -2.16. The molecule has 0 aliphatic rings. The monoisotopic (exact) mass is 272 g/mol. The average molecular weight is 272 g/mol. The summed E-state index contributed by atoms with van der Waals surface area (Å²) in [6, 6.07) is 9.68. The highest BCUT2D eigenvalue weighted by atomic mass is 16.5. The summed E-state index contributed by atoms with van der Waals surface area (Å²) in [7, 11) is 0. The van der Waals surface area contributed by atoms with Crippen molar-refractivity contribution in [1.82, 2.24) is 0 Å².